The van der Waals surface area contributed by atoms with Crippen molar-refractivity contribution in [2.45, 2.75) is 13.8 Å². The molecular formula is C21H18N2O2. The van der Waals surface area contributed by atoms with Crippen LogP contribution in [0.15, 0.2) is 72.0 Å². The van der Waals surface area contributed by atoms with Gasteiger partial charge in [0.2, 0.25) is 0 Å². The fourth-order valence-electron chi connectivity index (χ4n) is 2.27. The molecule has 124 valence electrons. The Kier molecular flexibility index (Phi) is 5.00. The molecule has 4 heteroatoms. The summed E-state index contributed by atoms with van der Waals surface area (Å²) in [5.41, 5.74) is 4.61. The fourth-order valence-corrected chi connectivity index (χ4v) is 2.27. The zero-order valence-electron chi connectivity index (χ0n) is 14.1. The minimum atomic E-state index is -0.426. The van der Waals surface area contributed by atoms with Gasteiger partial charge < -0.3 is 4.74 Å². The number of hydrogen-bond donors (Lipinski definition) is 0. The predicted molar refractivity (Wildman–Crippen MR) is 98.8 cm³/mol. The number of esters is 1. The number of ether oxygens (including phenoxy) is 1. The molecule has 0 aliphatic heterocycles. The van der Waals surface area contributed by atoms with Crippen LogP contribution in [-0.2, 0) is 0 Å². The molecular weight excluding hydrogens is 312 g/mol. The van der Waals surface area contributed by atoms with Crippen LogP contribution in [-0.4, -0.2) is 17.2 Å². The topological polar surface area (TPSA) is 51.5 Å². The molecule has 0 N–H and O–H groups in total. The highest BCUT2D eigenvalue weighted by Gasteiger charge is 2.07. The van der Waals surface area contributed by atoms with E-state index in [1.807, 2.05) is 26.0 Å². The minimum Gasteiger partial charge on any atom is -0.423 e. The Labute approximate surface area is 146 Å². The van der Waals surface area contributed by atoms with Gasteiger partial charge in [-0.25, -0.2) is 4.79 Å². The number of pyridine rings is 1. The first-order valence-electron chi connectivity index (χ1n) is 7.95. The van der Waals surface area contributed by atoms with Crippen LogP contribution in [0.1, 0.15) is 27.0 Å². The van der Waals surface area contributed by atoms with Gasteiger partial charge in [0.15, 0.2) is 0 Å². The first kappa shape index (κ1) is 16.6. The van der Waals surface area contributed by atoms with Crippen molar-refractivity contribution in [3.05, 3.63) is 89.2 Å². The van der Waals surface area contributed by atoms with Crippen LogP contribution in [0, 0.1) is 13.8 Å². The van der Waals surface area contributed by atoms with Crippen molar-refractivity contribution in [3.63, 3.8) is 0 Å². The molecule has 1 aromatic heterocycles. The van der Waals surface area contributed by atoms with E-state index in [4.69, 9.17) is 4.74 Å². The smallest absolute Gasteiger partial charge is 0.345 e. The number of carbonyl (C=O) groups is 1. The molecule has 0 radical (unpaired) electrons. The zero-order valence-corrected chi connectivity index (χ0v) is 14.1. The molecule has 0 saturated heterocycles. The van der Waals surface area contributed by atoms with Crippen LogP contribution in [0.3, 0.4) is 0 Å². The third-order valence-corrected chi connectivity index (χ3v) is 3.71. The van der Waals surface area contributed by atoms with E-state index in [0.29, 0.717) is 11.3 Å². The number of nitrogens with zero attached hydrogens (tertiary/aromatic N) is 2. The average Bonchev–Trinajstić information content (AvgIpc) is 2.64. The van der Waals surface area contributed by atoms with Crippen molar-refractivity contribution < 1.29 is 9.53 Å². The van der Waals surface area contributed by atoms with Crippen molar-refractivity contribution in [1.29, 1.82) is 0 Å². The second-order valence-corrected chi connectivity index (χ2v) is 5.75. The summed E-state index contributed by atoms with van der Waals surface area (Å²) in [5, 5.41) is 0. The molecule has 25 heavy (non-hydrogen) atoms. The Balaban J connectivity index is 1.69. The molecule has 3 aromatic rings. The number of benzene rings is 2. The normalized spacial score (nSPS) is 10.8. The third kappa shape index (κ3) is 4.38. The molecule has 2 aromatic carbocycles. The number of aryl methyl sites for hydroxylation is 2. The molecule has 0 aliphatic carbocycles. The van der Waals surface area contributed by atoms with Gasteiger partial charge in [0.05, 0.1) is 11.3 Å². The van der Waals surface area contributed by atoms with Crippen LogP contribution in [0.25, 0.3) is 0 Å². The Morgan fingerprint density at radius 2 is 1.88 bits per heavy atom. The monoisotopic (exact) mass is 330 g/mol. The Bertz CT molecular complexity index is 901. The lowest BCUT2D eigenvalue weighted by atomic mass is 10.1. The molecule has 0 saturated carbocycles. The fraction of sp³-hybridized carbons (Fsp3) is 0.0952. The summed E-state index contributed by atoms with van der Waals surface area (Å²) in [7, 11) is 0. The molecule has 4 nitrogen and oxygen atoms in total. The number of aliphatic imine (C=N–C) groups is 1. The van der Waals surface area contributed by atoms with Gasteiger partial charge in [-0.1, -0.05) is 12.1 Å². The second-order valence-electron chi connectivity index (χ2n) is 5.75. The molecule has 0 aliphatic rings. The van der Waals surface area contributed by atoms with E-state index in [2.05, 4.69) is 28.2 Å². The van der Waals surface area contributed by atoms with E-state index >= 15 is 0 Å². The zero-order chi connectivity index (χ0) is 17.6. The highest BCUT2D eigenvalue weighted by molar-refractivity contribution is 5.90. The summed E-state index contributed by atoms with van der Waals surface area (Å²) in [5.74, 6) is 0.0580. The van der Waals surface area contributed by atoms with E-state index in [1.165, 1.54) is 11.8 Å². The largest absolute Gasteiger partial charge is 0.423 e. The van der Waals surface area contributed by atoms with Crippen molar-refractivity contribution in [2.75, 3.05) is 0 Å². The maximum atomic E-state index is 12.0. The van der Waals surface area contributed by atoms with Gasteiger partial charge in [0.25, 0.3) is 0 Å². The van der Waals surface area contributed by atoms with E-state index in [0.717, 1.165) is 16.8 Å². The van der Waals surface area contributed by atoms with Crippen molar-refractivity contribution in [3.8, 4) is 5.75 Å². The van der Waals surface area contributed by atoms with E-state index in [1.54, 1.807) is 36.7 Å². The van der Waals surface area contributed by atoms with Gasteiger partial charge in [-0.3, -0.25) is 9.98 Å². The number of aromatic nitrogens is 1. The van der Waals surface area contributed by atoms with Gasteiger partial charge in [0, 0.05) is 18.6 Å². The third-order valence-electron chi connectivity index (χ3n) is 3.71. The average molecular weight is 330 g/mol. The first-order valence-corrected chi connectivity index (χ1v) is 7.95. The SMILES string of the molecule is Cc1ccc(C)c(N=Cc2ccc(OC(=O)c3cccnc3)cc2)c1. The highest BCUT2D eigenvalue weighted by Crippen LogP contribution is 2.20. The number of hydrogen-bond acceptors (Lipinski definition) is 4. The van der Waals surface area contributed by atoms with E-state index in [9.17, 15) is 4.79 Å². The molecule has 0 bridgehead atoms. The summed E-state index contributed by atoms with van der Waals surface area (Å²) >= 11 is 0. The van der Waals surface area contributed by atoms with Gasteiger partial charge in [0.1, 0.15) is 5.75 Å². The lowest BCUT2D eigenvalue weighted by molar-refractivity contribution is 0.0734. The lowest BCUT2D eigenvalue weighted by Crippen LogP contribution is -2.08. The highest BCUT2D eigenvalue weighted by atomic mass is 16.5. The van der Waals surface area contributed by atoms with Gasteiger partial charge in [-0.15, -0.1) is 0 Å². The number of rotatable bonds is 4. The summed E-state index contributed by atoms with van der Waals surface area (Å²) in [6, 6.07) is 16.8. The van der Waals surface area contributed by atoms with Crippen LogP contribution in [0.5, 0.6) is 5.75 Å². The molecule has 0 fully saturated rings. The summed E-state index contributed by atoms with van der Waals surface area (Å²) in [6.07, 6.45) is 4.89. The number of carbonyl (C=O) groups excluding carboxylic acids is 1. The van der Waals surface area contributed by atoms with Crippen molar-refractivity contribution in [1.82, 2.24) is 4.98 Å². The quantitative estimate of drug-likeness (QED) is 0.397. The Morgan fingerprint density at radius 3 is 2.60 bits per heavy atom. The maximum absolute atomic E-state index is 12.0. The maximum Gasteiger partial charge on any atom is 0.345 e. The molecule has 0 unspecified atom stereocenters. The standard InChI is InChI=1S/C21H18N2O2/c1-15-5-6-16(2)20(12-15)23-13-17-7-9-19(10-8-17)25-21(24)18-4-3-11-22-14-18/h3-14H,1-2H3. The Hall–Kier alpha value is -3.27. The minimum absolute atomic E-state index is 0.420. The van der Waals surface area contributed by atoms with E-state index < -0.39 is 5.97 Å². The van der Waals surface area contributed by atoms with Crippen LogP contribution >= 0.6 is 0 Å². The van der Waals surface area contributed by atoms with Gasteiger partial charge >= 0.3 is 5.97 Å². The first-order chi connectivity index (χ1) is 12.1. The molecule has 0 atom stereocenters. The molecule has 0 spiro atoms. The second kappa shape index (κ2) is 7.53. The predicted octanol–water partition coefficient (Wildman–Crippen LogP) is 4.67. The van der Waals surface area contributed by atoms with Gasteiger partial charge in [-0.05, 0) is 73.0 Å². The van der Waals surface area contributed by atoms with Gasteiger partial charge in [-0.2, -0.15) is 0 Å². The summed E-state index contributed by atoms with van der Waals surface area (Å²) in [6.45, 7) is 4.08. The van der Waals surface area contributed by atoms with Crippen LogP contribution < -0.4 is 4.74 Å². The summed E-state index contributed by atoms with van der Waals surface area (Å²) < 4.78 is 5.33. The summed E-state index contributed by atoms with van der Waals surface area (Å²) in [4.78, 5) is 20.4. The lowest BCUT2D eigenvalue weighted by Gasteiger charge is -2.04. The van der Waals surface area contributed by atoms with Crippen molar-refractivity contribution >= 4 is 17.9 Å². The van der Waals surface area contributed by atoms with Crippen LogP contribution in [0.4, 0.5) is 5.69 Å². The molecule has 1 heterocycles. The molecule has 3 rings (SSSR count). The van der Waals surface area contributed by atoms with Crippen LogP contribution in [0.2, 0.25) is 0 Å². The molecule has 0 amide bonds. The van der Waals surface area contributed by atoms with Crippen molar-refractivity contribution in [2.24, 2.45) is 4.99 Å². The van der Waals surface area contributed by atoms with E-state index in [-0.39, 0.29) is 0 Å². The Morgan fingerprint density at radius 1 is 1.08 bits per heavy atom.